The topological polar surface area (TPSA) is 12.0 Å². The second-order valence-corrected chi connectivity index (χ2v) is 4.80. The van der Waals surface area contributed by atoms with Crippen molar-refractivity contribution in [1.82, 2.24) is 5.32 Å². The highest BCUT2D eigenvalue weighted by Gasteiger charge is 2.20. The van der Waals surface area contributed by atoms with Gasteiger partial charge in [-0.1, -0.05) is 47.1 Å². The fourth-order valence-electron chi connectivity index (χ4n) is 1.96. The first-order valence-corrected chi connectivity index (χ1v) is 6.49. The molecule has 0 unspecified atom stereocenters. The van der Waals surface area contributed by atoms with E-state index in [9.17, 15) is 0 Å². The zero-order valence-electron chi connectivity index (χ0n) is 11.3. The van der Waals surface area contributed by atoms with E-state index in [0.29, 0.717) is 5.92 Å². The van der Waals surface area contributed by atoms with Gasteiger partial charge in [0.25, 0.3) is 0 Å². The number of rotatable bonds is 8. The number of hydrogen-bond donors (Lipinski definition) is 1. The van der Waals surface area contributed by atoms with Crippen molar-refractivity contribution in [3.05, 3.63) is 12.3 Å². The van der Waals surface area contributed by atoms with E-state index < -0.39 is 0 Å². The smallest absolute Gasteiger partial charge is 0.0115 e. The average molecular weight is 211 g/mol. The number of nitrogens with one attached hydrogen (secondary N) is 1. The Labute approximate surface area is 96.3 Å². The normalized spacial score (nSPS) is 16.9. The van der Waals surface area contributed by atoms with E-state index in [-0.39, 0.29) is 0 Å². The molecule has 0 saturated carbocycles. The van der Waals surface area contributed by atoms with E-state index in [4.69, 9.17) is 0 Å². The van der Waals surface area contributed by atoms with Crippen LogP contribution in [0.5, 0.6) is 0 Å². The molecule has 15 heavy (non-hydrogen) atoms. The molecular weight excluding hydrogens is 182 g/mol. The Morgan fingerprint density at radius 3 is 2.13 bits per heavy atom. The first-order chi connectivity index (χ1) is 7.06. The Kier molecular flexibility index (Phi) is 7.54. The van der Waals surface area contributed by atoms with Gasteiger partial charge in [-0.25, -0.2) is 0 Å². The Morgan fingerprint density at radius 2 is 1.73 bits per heavy atom. The molecule has 0 radical (unpaired) electrons. The molecule has 90 valence electrons. The Bertz CT molecular complexity index is 174. The molecule has 0 spiro atoms. The van der Waals surface area contributed by atoms with Crippen molar-refractivity contribution < 1.29 is 0 Å². The van der Waals surface area contributed by atoms with Gasteiger partial charge in [-0.3, -0.25) is 0 Å². The summed E-state index contributed by atoms with van der Waals surface area (Å²) in [4.78, 5) is 0. The number of allylic oxidation sites excluding steroid dienone is 1. The summed E-state index contributed by atoms with van der Waals surface area (Å²) in [6.45, 7) is 16.6. The molecule has 0 aliphatic rings. The van der Waals surface area contributed by atoms with Crippen LogP contribution in [0.25, 0.3) is 0 Å². The van der Waals surface area contributed by atoms with Gasteiger partial charge in [0.1, 0.15) is 0 Å². The van der Waals surface area contributed by atoms with E-state index in [1.54, 1.807) is 0 Å². The molecule has 0 heterocycles. The van der Waals surface area contributed by atoms with E-state index >= 15 is 0 Å². The van der Waals surface area contributed by atoms with Gasteiger partial charge >= 0.3 is 0 Å². The van der Waals surface area contributed by atoms with Crippen molar-refractivity contribution in [3.63, 3.8) is 0 Å². The third-order valence-electron chi connectivity index (χ3n) is 3.54. The van der Waals surface area contributed by atoms with Crippen molar-refractivity contribution in [2.75, 3.05) is 6.54 Å². The summed E-state index contributed by atoms with van der Waals surface area (Å²) in [6, 6.07) is 0. The molecule has 0 aliphatic heterocycles. The summed E-state index contributed by atoms with van der Waals surface area (Å²) >= 11 is 0. The molecule has 0 aliphatic carbocycles. The molecule has 0 aromatic heterocycles. The van der Waals surface area contributed by atoms with E-state index in [2.05, 4.69) is 46.5 Å². The molecule has 1 heteroatoms. The minimum absolute atomic E-state index is 0.643. The molecule has 0 fully saturated rings. The highest BCUT2D eigenvalue weighted by Crippen LogP contribution is 2.28. The Morgan fingerprint density at radius 1 is 1.13 bits per heavy atom. The molecule has 0 aromatic rings. The lowest BCUT2D eigenvalue weighted by Gasteiger charge is -2.28. The van der Waals surface area contributed by atoms with Crippen molar-refractivity contribution >= 4 is 0 Å². The lowest BCUT2D eigenvalue weighted by atomic mass is 9.82. The Hall–Kier alpha value is -0.460. The van der Waals surface area contributed by atoms with Gasteiger partial charge in [0, 0.05) is 18.2 Å². The van der Waals surface area contributed by atoms with Crippen LogP contribution in [0, 0.1) is 17.8 Å². The number of hydrogen-bond acceptors (Lipinski definition) is 1. The SMILES string of the molecule is C=C(NCC)[C@H](C[C@H](C)CC)[C@@H](C)CC. The van der Waals surface area contributed by atoms with Crippen LogP contribution in [0.15, 0.2) is 12.3 Å². The van der Waals surface area contributed by atoms with Crippen LogP contribution in [0.4, 0.5) is 0 Å². The second kappa shape index (κ2) is 7.78. The van der Waals surface area contributed by atoms with E-state index in [1.807, 2.05) is 0 Å². The van der Waals surface area contributed by atoms with Gasteiger partial charge in [0.15, 0.2) is 0 Å². The summed E-state index contributed by atoms with van der Waals surface area (Å²) in [5.41, 5.74) is 1.24. The van der Waals surface area contributed by atoms with Gasteiger partial charge in [-0.2, -0.15) is 0 Å². The standard InChI is InChI=1S/C14H29N/c1-7-11(4)10-14(12(5)8-2)13(6)15-9-3/h11-12,14-15H,6-10H2,1-5H3/t11-,12+,14-/m1/s1. The minimum atomic E-state index is 0.643. The van der Waals surface area contributed by atoms with E-state index in [0.717, 1.165) is 18.4 Å². The molecule has 0 saturated heterocycles. The van der Waals surface area contributed by atoms with Gasteiger partial charge < -0.3 is 5.32 Å². The van der Waals surface area contributed by atoms with Crippen LogP contribution in [-0.4, -0.2) is 6.54 Å². The zero-order valence-corrected chi connectivity index (χ0v) is 11.3. The molecular formula is C14H29N. The van der Waals surface area contributed by atoms with Crippen LogP contribution < -0.4 is 5.32 Å². The van der Waals surface area contributed by atoms with Crippen LogP contribution in [0.3, 0.4) is 0 Å². The fraction of sp³-hybridized carbons (Fsp3) is 0.857. The summed E-state index contributed by atoms with van der Waals surface area (Å²) in [5, 5.41) is 3.40. The third-order valence-corrected chi connectivity index (χ3v) is 3.54. The maximum atomic E-state index is 4.19. The highest BCUT2D eigenvalue weighted by atomic mass is 14.9. The quantitative estimate of drug-likeness (QED) is 0.634. The monoisotopic (exact) mass is 211 g/mol. The van der Waals surface area contributed by atoms with Crippen molar-refractivity contribution in [3.8, 4) is 0 Å². The molecule has 0 rings (SSSR count). The molecule has 3 atom stereocenters. The third kappa shape index (κ3) is 5.25. The first-order valence-electron chi connectivity index (χ1n) is 6.49. The van der Waals surface area contributed by atoms with Crippen LogP contribution in [0.1, 0.15) is 53.9 Å². The minimum Gasteiger partial charge on any atom is -0.389 e. The Balaban J connectivity index is 4.36. The summed E-state index contributed by atoms with van der Waals surface area (Å²) in [7, 11) is 0. The van der Waals surface area contributed by atoms with Crippen molar-refractivity contribution in [2.45, 2.75) is 53.9 Å². The maximum absolute atomic E-state index is 4.19. The highest BCUT2D eigenvalue weighted by molar-refractivity contribution is 5.00. The zero-order chi connectivity index (χ0) is 11.8. The van der Waals surface area contributed by atoms with Crippen LogP contribution >= 0.6 is 0 Å². The molecule has 0 bridgehead atoms. The van der Waals surface area contributed by atoms with Gasteiger partial charge in [0.05, 0.1) is 0 Å². The predicted octanol–water partition coefficient (Wildman–Crippen LogP) is 4.21. The molecule has 0 amide bonds. The molecule has 1 nitrogen and oxygen atoms in total. The lowest BCUT2D eigenvalue weighted by molar-refractivity contribution is 0.309. The van der Waals surface area contributed by atoms with Gasteiger partial charge in [-0.15, -0.1) is 0 Å². The molecule has 1 N–H and O–H groups in total. The van der Waals surface area contributed by atoms with E-state index in [1.165, 1.54) is 25.0 Å². The maximum Gasteiger partial charge on any atom is 0.0115 e. The van der Waals surface area contributed by atoms with Crippen molar-refractivity contribution in [2.24, 2.45) is 17.8 Å². The largest absolute Gasteiger partial charge is 0.389 e. The molecule has 0 aromatic carbocycles. The second-order valence-electron chi connectivity index (χ2n) is 4.80. The van der Waals surface area contributed by atoms with Crippen molar-refractivity contribution in [1.29, 1.82) is 0 Å². The lowest BCUT2D eigenvalue weighted by Crippen LogP contribution is -2.25. The summed E-state index contributed by atoms with van der Waals surface area (Å²) in [6.07, 6.45) is 3.79. The van der Waals surface area contributed by atoms with Crippen LogP contribution in [-0.2, 0) is 0 Å². The first kappa shape index (κ1) is 14.5. The van der Waals surface area contributed by atoms with Gasteiger partial charge in [0.2, 0.25) is 0 Å². The fourth-order valence-corrected chi connectivity index (χ4v) is 1.96. The average Bonchev–Trinajstić information content (AvgIpc) is 2.24. The summed E-state index contributed by atoms with van der Waals surface area (Å²) in [5.74, 6) is 2.19. The summed E-state index contributed by atoms with van der Waals surface area (Å²) < 4.78 is 0. The van der Waals surface area contributed by atoms with Crippen LogP contribution in [0.2, 0.25) is 0 Å². The predicted molar refractivity (Wildman–Crippen MR) is 69.8 cm³/mol. The van der Waals surface area contributed by atoms with Gasteiger partial charge in [-0.05, 0) is 25.2 Å².